The van der Waals surface area contributed by atoms with Crippen LogP contribution in [-0.2, 0) is 4.79 Å². The van der Waals surface area contributed by atoms with Crippen molar-refractivity contribution in [3.63, 3.8) is 0 Å². The fraction of sp³-hybridized carbons (Fsp3) is 0.462. The Kier molecular flexibility index (Phi) is 5.45. The van der Waals surface area contributed by atoms with Gasteiger partial charge in [0.25, 0.3) is 5.69 Å². The number of hydrogen-bond donors (Lipinski definition) is 2. The van der Waals surface area contributed by atoms with Gasteiger partial charge in [-0.3, -0.25) is 14.9 Å². The fourth-order valence-electron chi connectivity index (χ4n) is 1.63. The molecule has 0 heterocycles. The lowest BCUT2D eigenvalue weighted by Gasteiger charge is -2.18. The minimum atomic E-state index is -0.639. The lowest BCUT2D eigenvalue weighted by atomic mass is 9.99. The molecule has 0 fully saturated rings. The topological polar surface area (TPSA) is 107 Å². The first-order valence-electron chi connectivity index (χ1n) is 6.29. The molecule has 20 heavy (non-hydrogen) atoms. The molecule has 0 aromatic heterocycles. The van der Waals surface area contributed by atoms with E-state index in [1.165, 1.54) is 25.3 Å². The van der Waals surface area contributed by atoms with Gasteiger partial charge in [0.15, 0.2) is 0 Å². The van der Waals surface area contributed by atoms with E-state index in [4.69, 9.17) is 10.5 Å². The number of carbonyl (C=O) groups excluding carboxylic acids is 1. The summed E-state index contributed by atoms with van der Waals surface area (Å²) in [6.07, 6.45) is 0.784. The monoisotopic (exact) mass is 281 g/mol. The number of nitrogens with one attached hydrogen (secondary N) is 1. The van der Waals surface area contributed by atoms with E-state index in [9.17, 15) is 14.9 Å². The third-order valence-corrected chi connectivity index (χ3v) is 3.21. The maximum absolute atomic E-state index is 12.0. The Bertz CT molecular complexity index is 504. The number of nitro benzene ring substituents is 1. The van der Waals surface area contributed by atoms with Crippen LogP contribution in [0.25, 0.3) is 0 Å². The van der Waals surface area contributed by atoms with Gasteiger partial charge >= 0.3 is 0 Å². The molecule has 1 amide bonds. The van der Waals surface area contributed by atoms with Crippen molar-refractivity contribution in [1.82, 2.24) is 0 Å². The molecule has 0 bridgehead atoms. The van der Waals surface area contributed by atoms with E-state index < -0.39 is 11.0 Å². The third kappa shape index (κ3) is 3.67. The van der Waals surface area contributed by atoms with Gasteiger partial charge in [0.1, 0.15) is 5.75 Å². The predicted octanol–water partition coefficient (Wildman–Crippen LogP) is 1.92. The number of rotatable bonds is 6. The number of methoxy groups -OCH3 is 1. The average Bonchev–Trinajstić information content (AvgIpc) is 2.45. The maximum Gasteiger partial charge on any atom is 0.273 e. The molecule has 0 saturated heterocycles. The number of anilines is 1. The van der Waals surface area contributed by atoms with Crippen molar-refractivity contribution >= 4 is 17.3 Å². The third-order valence-electron chi connectivity index (χ3n) is 3.21. The van der Waals surface area contributed by atoms with Crippen molar-refractivity contribution in [2.45, 2.75) is 26.3 Å². The number of hydrogen-bond acceptors (Lipinski definition) is 5. The number of nitrogens with zero attached hydrogens (tertiary/aromatic N) is 1. The molecule has 1 rings (SSSR count). The number of non-ortho nitro benzene ring substituents is 1. The summed E-state index contributed by atoms with van der Waals surface area (Å²) in [6.45, 7) is 3.83. The summed E-state index contributed by atoms with van der Waals surface area (Å²) in [7, 11) is 1.38. The standard InChI is InChI=1S/C13H19N3O4/c1-4-8(2)12(14)13(17)15-10-6-5-9(16(18)19)7-11(10)20-3/h5-8,12H,4,14H2,1-3H3,(H,15,17)/t8?,12-/m0/s1. The number of nitrogens with two attached hydrogens (primary N) is 1. The Morgan fingerprint density at radius 3 is 2.70 bits per heavy atom. The highest BCUT2D eigenvalue weighted by Crippen LogP contribution is 2.29. The van der Waals surface area contributed by atoms with Gasteiger partial charge in [-0.15, -0.1) is 0 Å². The molecule has 7 heteroatoms. The van der Waals surface area contributed by atoms with Crippen LogP contribution < -0.4 is 15.8 Å². The van der Waals surface area contributed by atoms with Gasteiger partial charge in [-0.1, -0.05) is 20.3 Å². The molecule has 1 aromatic rings. The van der Waals surface area contributed by atoms with Crippen molar-refractivity contribution in [3.05, 3.63) is 28.3 Å². The van der Waals surface area contributed by atoms with Crippen molar-refractivity contribution in [1.29, 1.82) is 0 Å². The summed E-state index contributed by atoms with van der Waals surface area (Å²) in [5.74, 6) is -0.0746. The highest BCUT2D eigenvalue weighted by atomic mass is 16.6. The van der Waals surface area contributed by atoms with E-state index in [1.54, 1.807) is 0 Å². The molecule has 2 atom stereocenters. The quantitative estimate of drug-likeness (QED) is 0.611. The Hall–Kier alpha value is -2.15. The summed E-state index contributed by atoms with van der Waals surface area (Å²) in [6, 6.07) is 3.34. The lowest BCUT2D eigenvalue weighted by Crippen LogP contribution is -2.40. The molecule has 0 aliphatic carbocycles. The minimum Gasteiger partial charge on any atom is -0.494 e. The second-order valence-corrected chi connectivity index (χ2v) is 4.54. The summed E-state index contributed by atoms with van der Waals surface area (Å²) >= 11 is 0. The Morgan fingerprint density at radius 2 is 2.20 bits per heavy atom. The van der Waals surface area contributed by atoms with Crippen molar-refractivity contribution in [3.8, 4) is 5.75 Å². The van der Waals surface area contributed by atoms with E-state index in [-0.39, 0.29) is 23.3 Å². The van der Waals surface area contributed by atoms with Crippen LogP contribution in [0.5, 0.6) is 5.75 Å². The lowest BCUT2D eigenvalue weighted by molar-refractivity contribution is -0.384. The predicted molar refractivity (Wildman–Crippen MR) is 75.7 cm³/mol. The molecule has 0 spiro atoms. The van der Waals surface area contributed by atoms with Gasteiger partial charge in [-0.2, -0.15) is 0 Å². The maximum atomic E-state index is 12.0. The second-order valence-electron chi connectivity index (χ2n) is 4.54. The van der Waals surface area contributed by atoms with Crippen LogP contribution in [0.1, 0.15) is 20.3 Å². The molecule has 1 aromatic carbocycles. The van der Waals surface area contributed by atoms with Crippen LogP contribution in [0, 0.1) is 16.0 Å². The van der Waals surface area contributed by atoms with Crippen LogP contribution in [-0.4, -0.2) is 24.0 Å². The zero-order chi connectivity index (χ0) is 15.3. The van der Waals surface area contributed by atoms with Crippen LogP contribution in [0.4, 0.5) is 11.4 Å². The summed E-state index contributed by atoms with van der Waals surface area (Å²) in [4.78, 5) is 22.1. The molecular formula is C13H19N3O4. The highest BCUT2D eigenvalue weighted by Gasteiger charge is 2.21. The Morgan fingerprint density at radius 1 is 1.55 bits per heavy atom. The zero-order valence-electron chi connectivity index (χ0n) is 11.8. The number of nitro groups is 1. The molecule has 0 saturated carbocycles. The van der Waals surface area contributed by atoms with E-state index in [0.29, 0.717) is 5.69 Å². The first-order chi connectivity index (χ1) is 9.40. The minimum absolute atomic E-state index is 0.0408. The van der Waals surface area contributed by atoms with Crippen molar-refractivity contribution < 1.29 is 14.5 Å². The van der Waals surface area contributed by atoms with E-state index >= 15 is 0 Å². The van der Waals surface area contributed by atoms with E-state index in [1.807, 2.05) is 13.8 Å². The van der Waals surface area contributed by atoms with Crippen LogP contribution >= 0.6 is 0 Å². The first-order valence-corrected chi connectivity index (χ1v) is 6.29. The number of ether oxygens (including phenoxy) is 1. The molecular weight excluding hydrogens is 262 g/mol. The van der Waals surface area contributed by atoms with E-state index in [0.717, 1.165) is 6.42 Å². The van der Waals surface area contributed by atoms with Gasteiger partial charge in [-0.25, -0.2) is 0 Å². The molecule has 0 radical (unpaired) electrons. The van der Waals surface area contributed by atoms with Crippen molar-refractivity contribution in [2.24, 2.45) is 11.7 Å². The van der Waals surface area contributed by atoms with Crippen LogP contribution in [0.3, 0.4) is 0 Å². The number of amides is 1. The number of benzene rings is 1. The first kappa shape index (κ1) is 15.9. The molecule has 7 nitrogen and oxygen atoms in total. The Labute approximate surface area is 117 Å². The summed E-state index contributed by atoms with van der Waals surface area (Å²) in [5, 5.41) is 13.3. The average molecular weight is 281 g/mol. The molecule has 1 unspecified atom stereocenters. The van der Waals surface area contributed by atoms with Gasteiger partial charge < -0.3 is 15.8 Å². The smallest absolute Gasteiger partial charge is 0.273 e. The van der Waals surface area contributed by atoms with E-state index in [2.05, 4.69) is 5.32 Å². The van der Waals surface area contributed by atoms with Crippen LogP contribution in [0.15, 0.2) is 18.2 Å². The zero-order valence-corrected chi connectivity index (χ0v) is 11.8. The van der Waals surface area contributed by atoms with Gasteiger partial charge in [0, 0.05) is 6.07 Å². The van der Waals surface area contributed by atoms with Crippen molar-refractivity contribution in [2.75, 3.05) is 12.4 Å². The summed E-state index contributed by atoms with van der Waals surface area (Å²) in [5.41, 5.74) is 6.09. The largest absolute Gasteiger partial charge is 0.494 e. The number of carbonyl (C=O) groups is 1. The molecule has 3 N–H and O–H groups in total. The summed E-state index contributed by atoms with van der Waals surface area (Å²) < 4.78 is 5.04. The van der Waals surface area contributed by atoms with Gasteiger partial charge in [-0.05, 0) is 12.0 Å². The van der Waals surface area contributed by atoms with Gasteiger partial charge in [0.05, 0.1) is 29.8 Å². The highest BCUT2D eigenvalue weighted by molar-refractivity contribution is 5.96. The molecule has 110 valence electrons. The molecule has 0 aliphatic heterocycles. The molecule has 0 aliphatic rings. The normalized spacial score (nSPS) is 13.4. The fourth-order valence-corrected chi connectivity index (χ4v) is 1.63. The van der Waals surface area contributed by atoms with Crippen LogP contribution in [0.2, 0.25) is 0 Å². The Balaban J connectivity index is 2.92. The second kappa shape index (κ2) is 6.85. The SMILES string of the molecule is CCC(C)[C@H](N)C(=O)Nc1ccc([N+](=O)[O-])cc1OC. The van der Waals surface area contributed by atoms with Gasteiger partial charge in [0.2, 0.25) is 5.91 Å².